The Balaban J connectivity index is 2.07. The van der Waals surface area contributed by atoms with Crippen molar-refractivity contribution in [1.82, 2.24) is 4.98 Å². The molecule has 1 aliphatic heterocycles. The maximum absolute atomic E-state index is 12.3. The molecule has 5 heteroatoms. The quantitative estimate of drug-likeness (QED) is 0.867. The van der Waals surface area contributed by atoms with E-state index in [-0.39, 0.29) is 5.91 Å². The van der Waals surface area contributed by atoms with E-state index in [2.05, 4.69) is 4.98 Å². The SMILES string of the molecule is Cc1nc(N2C(=O)Cc3cc(CN)ccc32)ccc1N. The normalized spacial score (nSPS) is 13.7. The van der Waals surface area contributed by atoms with Crippen LogP contribution in [0.3, 0.4) is 0 Å². The van der Waals surface area contributed by atoms with Crippen LogP contribution in [0.25, 0.3) is 0 Å². The average Bonchev–Trinajstić information content (AvgIpc) is 2.76. The third-order valence-electron chi connectivity index (χ3n) is 3.55. The van der Waals surface area contributed by atoms with E-state index in [0.29, 0.717) is 24.5 Å². The molecule has 4 N–H and O–H groups in total. The van der Waals surface area contributed by atoms with Crippen LogP contribution < -0.4 is 16.4 Å². The highest BCUT2D eigenvalue weighted by atomic mass is 16.2. The van der Waals surface area contributed by atoms with Crippen LogP contribution in [0.5, 0.6) is 0 Å². The van der Waals surface area contributed by atoms with Gasteiger partial charge in [-0.25, -0.2) is 4.98 Å². The Morgan fingerprint density at radius 2 is 2.10 bits per heavy atom. The van der Waals surface area contributed by atoms with Crippen molar-refractivity contribution in [2.45, 2.75) is 19.9 Å². The molecule has 102 valence electrons. The summed E-state index contributed by atoms with van der Waals surface area (Å²) in [4.78, 5) is 18.3. The lowest BCUT2D eigenvalue weighted by Crippen LogP contribution is -2.22. The monoisotopic (exact) mass is 268 g/mol. The molecule has 0 aliphatic carbocycles. The Hall–Kier alpha value is -2.40. The molecule has 0 spiro atoms. The molecular weight excluding hydrogens is 252 g/mol. The van der Waals surface area contributed by atoms with Crippen LogP contribution in [-0.4, -0.2) is 10.9 Å². The minimum atomic E-state index is 0.0193. The van der Waals surface area contributed by atoms with E-state index in [1.54, 1.807) is 17.0 Å². The van der Waals surface area contributed by atoms with Gasteiger partial charge in [0.25, 0.3) is 0 Å². The summed E-state index contributed by atoms with van der Waals surface area (Å²) in [5.41, 5.74) is 15.7. The molecule has 0 radical (unpaired) electrons. The van der Waals surface area contributed by atoms with Gasteiger partial charge < -0.3 is 11.5 Å². The number of nitrogens with zero attached hydrogens (tertiary/aromatic N) is 2. The van der Waals surface area contributed by atoms with Gasteiger partial charge in [-0.05, 0) is 36.2 Å². The van der Waals surface area contributed by atoms with Crippen molar-refractivity contribution in [2.24, 2.45) is 5.73 Å². The number of carbonyl (C=O) groups excluding carboxylic acids is 1. The van der Waals surface area contributed by atoms with Crippen molar-refractivity contribution >= 4 is 23.1 Å². The van der Waals surface area contributed by atoms with E-state index in [9.17, 15) is 4.79 Å². The second kappa shape index (κ2) is 4.61. The molecule has 20 heavy (non-hydrogen) atoms. The number of amides is 1. The third kappa shape index (κ3) is 1.92. The molecule has 2 aromatic rings. The second-order valence-corrected chi connectivity index (χ2v) is 4.92. The summed E-state index contributed by atoms with van der Waals surface area (Å²) < 4.78 is 0. The fourth-order valence-corrected chi connectivity index (χ4v) is 2.44. The van der Waals surface area contributed by atoms with Gasteiger partial charge in [0, 0.05) is 6.54 Å². The highest BCUT2D eigenvalue weighted by Crippen LogP contribution is 2.35. The number of anilines is 3. The van der Waals surface area contributed by atoms with Gasteiger partial charge in [0.2, 0.25) is 5.91 Å². The predicted molar refractivity (Wildman–Crippen MR) is 78.6 cm³/mol. The fourth-order valence-electron chi connectivity index (χ4n) is 2.44. The maximum Gasteiger partial charge on any atom is 0.237 e. The van der Waals surface area contributed by atoms with Crippen molar-refractivity contribution in [1.29, 1.82) is 0 Å². The Morgan fingerprint density at radius 1 is 1.30 bits per heavy atom. The van der Waals surface area contributed by atoms with E-state index >= 15 is 0 Å². The minimum Gasteiger partial charge on any atom is -0.397 e. The summed E-state index contributed by atoms with van der Waals surface area (Å²) in [6.45, 7) is 2.30. The molecule has 0 saturated carbocycles. The number of carbonyl (C=O) groups is 1. The van der Waals surface area contributed by atoms with Gasteiger partial charge in [-0.3, -0.25) is 9.69 Å². The summed E-state index contributed by atoms with van der Waals surface area (Å²) in [7, 11) is 0. The lowest BCUT2D eigenvalue weighted by molar-refractivity contribution is -0.116. The van der Waals surface area contributed by atoms with Crippen LogP contribution >= 0.6 is 0 Å². The zero-order valence-electron chi connectivity index (χ0n) is 11.3. The molecule has 0 atom stereocenters. The fraction of sp³-hybridized carbons (Fsp3) is 0.200. The molecule has 0 unspecified atom stereocenters. The summed E-state index contributed by atoms with van der Waals surface area (Å²) in [5, 5.41) is 0. The molecule has 0 saturated heterocycles. The number of rotatable bonds is 2. The zero-order chi connectivity index (χ0) is 14.3. The van der Waals surface area contributed by atoms with Crippen LogP contribution in [0.4, 0.5) is 17.2 Å². The lowest BCUT2D eigenvalue weighted by atomic mass is 10.1. The Morgan fingerprint density at radius 3 is 2.80 bits per heavy atom. The molecule has 1 aromatic carbocycles. The van der Waals surface area contributed by atoms with Crippen molar-refractivity contribution in [3.8, 4) is 0 Å². The first kappa shape index (κ1) is 12.6. The van der Waals surface area contributed by atoms with Gasteiger partial charge in [0.1, 0.15) is 5.82 Å². The van der Waals surface area contributed by atoms with Crippen molar-refractivity contribution < 1.29 is 4.79 Å². The largest absolute Gasteiger partial charge is 0.397 e. The second-order valence-electron chi connectivity index (χ2n) is 4.92. The van der Waals surface area contributed by atoms with Gasteiger partial charge in [-0.2, -0.15) is 0 Å². The number of fused-ring (bicyclic) bond motifs is 1. The smallest absolute Gasteiger partial charge is 0.237 e. The zero-order valence-corrected chi connectivity index (χ0v) is 11.3. The highest BCUT2D eigenvalue weighted by Gasteiger charge is 2.29. The molecule has 1 aliphatic rings. The number of hydrogen-bond donors (Lipinski definition) is 2. The summed E-state index contributed by atoms with van der Waals surface area (Å²) in [6, 6.07) is 9.39. The van der Waals surface area contributed by atoms with Crippen molar-refractivity contribution in [3.05, 3.63) is 47.2 Å². The third-order valence-corrected chi connectivity index (χ3v) is 3.55. The molecule has 1 aromatic heterocycles. The van der Waals surface area contributed by atoms with Crippen molar-refractivity contribution in [2.75, 3.05) is 10.6 Å². The van der Waals surface area contributed by atoms with E-state index < -0.39 is 0 Å². The van der Waals surface area contributed by atoms with Gasteiger partial charge in [0.05, 0.1) is 23.5 Å². The Labute approximate surface area is 117 Å². The molecule has 2 heterocycles. The summed E-state index contributed by atoms with van der Waals surface area (Å²) in [6.07, 6.45) is 0.383. The topological polar surface area (TPSA) is 85.2 Å². The van der Waals surface area contributed by atoms with Crippen LogP contribution in [-0.2, 0) is 17.8 Å². The number of aromatic nitrogens is 1. The van der Waals surface area contributed by atoms with Gasteiger partial charge in [-0.1, -0.05) is 12.1 Å². The first-order valence-corrected chi connectivity index (χ1v) is 6.48. The van der Waals surface area contributed by atoms with E-state index in [0.717, 1.165) is 22.5 Å². The predicted octanol–water partition coefficient (Wildman–Crippen LogP) is 1.65. The lowest BCUT2D eigenvalue weighted by Gasteiger charge is -2.17. The Kier molecular flexibility index (Phi) is 2.91. The summed E-state index contributed by atoms with van der Waals surface area (Å²) >= 11 is 0. The maximum atomic E-state index is 12.3. The van der Waals surface area contributed by atoms with E-state index in [1.807, 2.05) is 25.1 Å². The molecular formula is C15H16N4O. The number of hydrogen-bond acceptors (Lipinski definition) is 4. The molecule has 1 amide bonds. The van der Waals surface area contributed by atoms with E-state index in [4.69, 9.17) is 11.5 Å². The van der Waals surface area contributed by atoms with Crippen LogP contribution in [0.15, 0.2) is 30.3 Å². The number of nitrogens with two attached hydrogens (primary N) is 2. The van der Waals surface area contributed by atoms with Crippen LogP contribution in [0.2, 0.25) is 0 Å². The first-order chi connectivity index (χ1) is 9.60. The number of benzene rings is 1. The molecule has 5 nitrogen and oxygen atoms in total. The molecule has 3 rings (SSSR count). The highest BCUT2D eigenvalue weighted by molar-refractivity contribution is 6.06. The van der Waals surface area contributed by atoms with Gasteiger partial charge in [0.15, 0.2) is 0 Å². The number of nitrogen functional groups attached to an aromatic ring is 1. The number of aryl methyl sites for hydroxylation is 1. The minimum absolute atomic E-state index is 0.0193. The Bertz CT molecular complexity index is 696. The standard InChI is InChI=1S/C15H16N4O/c1-9-12(17)3-5-14(18-9)19-13-4-2-10(8-16)6-11(13)7-15(19)20/h2-6H,7-8,16-17H2,1H3. The number of pyridine rings is 1. The first-order valence-electron chi connectivity index (χ1n) is 6.48. The molecule has 0 fully saturated rings. The van der Waals surface area contributed by atoms with Gasteiger partial charge >= 0.3 is 0 Å². The van der Waals surface area contributed by atoms with Gasteiger partial charge in [-0.15, -0.1) is 0 Å². The van der Waals surface area contributed by atoms with Crippen LogP contribution in [0, 0.1) is 6.92 Å². The van der Waals surface area contributed by atoms with Crippen molar-refractivity contribution in [3.63, 3.8) is 0 Å². The average molecular weight is 268 g/mol. The van der Waals surface area contributed by atoms with Crippen LogP contribution in [0.1, 0.15) is 16.8 Å². The molecule has 0 bridgehead atoms. The van der Waals surface area contributed by atoms with E-state index in [1.165, 1.54) is 0 Å². The summed E-state index contributed by atoms with van der Waals surface area (Å²) in [5.74, 6) is 0.631.